The fraction of sp³-hybridized carbons (Fsp3) is 0.421. The van der Waals surface area contributed by atoms with Crippen molar-refractivity contribution < 1.29 is 24.0 Å². The Hall–Kier alpha value is -4.46. The number of nitrogens with one attached hydrogen (secondary N) is 1. The van der Waals surface area contributed by atoms with Gasteiger partial charge >= 0.3 is 5.97 Å². The van der Waals surface area contributed by atoms with Gasteiger partial charge in [-0.15, -0.1) is 0 Å². The molecule has 1 heterocycles. The molecule has 0 fully saturated rings. The van der Waals surface area contributed by atoms with Crippen molar-refractivity contribution in [3.63, 3.8) is 0 Å². The second-order valence-corrected chi connectivity index (χ2v) is 10.8. The number of benzene rings is 3. The molecule has 0 aliphatic carbocycles. The van der Waals surface area contributed by atoms with Gasteiger partial charge in [0, 0.05) is 23.1 Å². The minimum Gasteiger partial charge on any atom is -0.494 e. The smallest absolute Gasteiger partial charge is 0.326 e. The summed E-state index contributed by atoms with van der Waals surface area (Å²) in [6.45, 7) is 15.1. The highest BCUT2D eigenvalue weighted by atomic mass is 16.5. The van der Waals surface area contributed by atoms with Gasteiger partial charge in [0.25, 0.3) is 11.8 Å². The van der Waals surface area contributed by atoms with Crippen LogP contribution in [0.5, 0.6) is 5.75 Å². The van der Waals surface area contributed by atoms with Crippen LogP contribution < -0.4 is 10.1 Å². The van der Waals surface area contributed by atoms with Crippen LogP contribution in [0.25, 0.3) is 22.8 Å². The van der Waals surface area contributed by atoms with Crippen LogP contribution in [0.1, 0.15) is 108 Å². The van der Waals surface area contributed by atoms with Gasteiger partial charge in [-0.25, -0.2) is 4.79 Å². The molecule has 0 radical (unpaired) electrons. The summed E-state index contributed by atoms with van der Waals surface area (Å²) >= 11 is 0. The van der Waals surface area contributed by atoms with Crippen molar-refractivity contribution in [3.8, 4) is 28.6 Å². The highest BCUT2D eigenvalue weighted by Gasteiger charge is 2.21. The van der Waals surface area contributed by atoms with Crippen LogP contribution in [0.3, 0.4) is 0 Å². The average molecular weight is 630 g/mol. The lowest BCUT2D eigenvalue weighted by molar-refractivity contribution is -0.139. The minimum absolute atomic E-state index is 0.133. The van der Waals surface area contributed by atoms with E-state index in [2.05, 4.69) is 36.2 Å². The molecule has 4 aromatic rings. The molecule has 8 nitrogen and oxygen atoms in total. The molecule has 1 aromatic heterocycles. The molecule has 1 unspecified atom stereocenters. The second kappa shape index (κ2) is 20.5. The Balaban J connectivity index is 0.00000177. The third-order valence-corrected chi connectivity index (χ3v) is 7.14. The Kier molecular flexibility index (Phi) is 16.9. The van der Waals surface area contributed by atoms with Gasteiger partial charge in [-0.1, -0.05) is 104 Å². The first-order chi connectivity index (χ1) is 22.3. The van der Waals surface area contributed by atoms with Gasteiger partial charge < -0.3 is 19.7 Å². The van der Waals surface area contributed by atoms with Crippen molar-refractivity contribution >= 4 is 11.9 Å². The predicted molar refractivity (Wildman–Crippen MR) is 185 cm³/mol. The molecule has 0 bridgehead atoms. The summed E-state index contributed by atoms with van der Waals surface area (Å²) in [6, 6.07) is 21.0. The summed E-state index contributed by atoms with van der Waals surface area (Å²) < 4.78 is 11.3. The van der Waals surface area contributed by atoms with E-state index in [-0.39, 0.29) is 6.42 Å². The zero-order valence-electron chi connectivity index (χ0n) is 28.5. The van der Waals surface area contributed by atoms with Crippen LogP contribution in [0, 0.1) is 0 Å². The molecule has 46 heavy (non-hydrogen) atoms. The Morgan fingerprint density at radius 1 is 0.826 bits per heavy atom. The van der Waals surface area contributed by atoms with Gasteiger partial charge in [-0.05, 0) is 72.0 Å². The third-order valence-electron chi connectivity index (χ3n) is 7.14. The number of carboxylic acid groups (broad SMARTS) is 1. The number of hydrogen-bond donors (Lipinski definition) is 2. The number of nitrogens with zero attached hydrogens (tertiary/aromatic N) is 2. The zero-order chi connectivity index (χ0) is 33.9. The molecule has 0 saturated heterocycles. The van der Waals surface area contributed by atoms with E-state index in [9.17, 15) is 14.7 Å². The van der Waals surface area contributed by atoms with Gasteiger partial charge in [0.2, 0.25) is 5.82 Å². The van der Waals surface area contributed by atoms with Crippen LogP contribution in [-0.2, 0) is 11.2 Å². The molecule has 2 N–H and O–H groups in total. The van der Waals surface area contributed by atoms with Crippen LogP contribution in [-0.4, -0.2) is 39.8 Å². The van der Waals surface area contributed by atoms with Crippen LogP contribution in [0.15, 0.2) is 77.3 Å². The largest absolute Gasteiger partial charge is 0.494 e. The van der Waals surface area contributed by atoms with E-state index < -0.39 is 17.9 Å². The molecule has 4 rings (SSSR count). The van der Waals surface area contributed by atoms with Gasteiger partial charge in [0.1, 0.15) is 11.8 Å². The van der Waals surface area contributed by atoms with Crippen molar-refractivity contribution in [2.45, 2.75) is 99.0 Å². The standard InChI is InChI=1S/C34H39N3O5.2C2H6/c1-4-5-6-7-8-21-41-29-19-17-26(18-20-29)31-36-33(42-37-31)28-11-9-24(10-12-28)22-30(34(39)40)35-32(38)27-15-13-25(14-16-27)23(2)3;2*1-2/h9-20,23,30H,4-8,21-22H2,1-3H3,(H,35,38)(H,39,40);2*1-2H3. The number of rotatable bonds is 15. The number of carbonyl (C=O) groups excluding carboxylic acids is 1. The Morgan fingerprint density at radius 2 is 1.43 bits per heavy atom. The van der Waals surface area contributed by atoms with Crippen molar-refractivity contribution in [1.29, 1.82) is 0 Å². The number of carbonyl (C=O) groups is 2. The molecular formula is C38H51N3O5. The number of hydrogen-bond acceptors (Lipinski definition) is 6. The predicted octanol–water partition coefficient (Wildman–Crippen LogP) is 9.35. The lowest BCUT2D eigenvalue weighted by atomic mass is 10.0. The van der Waals surface area contributed by atoms with Crippen LogP contribution >= 0.6 is 0 Å². The fourth-order valence-corrected chi connectivity index (χ4v) is 4.53. The molecule has 8 heteroatoms. The van der Waals surface area contributed by atoms with E-state index in [4.69, 9.17) is 9.26 Å². The Bertz CT molecular complexity index is 1430. The zero-order valence-corrected chi connectivity index (χ0v) is 28.5. The normalized spacial score (nSPS) is 11.0. The number of unbranched alkanes of at least 4 members (excludes halogenated alkanes) is 4. The van der Waals surface area contributed by atoms with Crippen molar-refractivity contribution in [3.05, 3.63) is 89.5 Å². The molecule has 1 amide bonds. The Morgan fingerprint density at radius 3 is 2.02 bits per heavy atom. The number of aliphatic carboxylic acids is 1. The number of carboxylic acids is 1. The van der Waals surface area contributed by atoms with E-state index >= 15 is 0 Å². The molecule has 0 aliphatic heterocycles. The topological polar surface area (TPSA) is 115 Å². The fourth-order valence-electron chi connectivity index (χ4n) is 4.53. The first-order valence-electron chi connectivity index (χ1n) is 16.6. The lowest BCUT2D eigenvalue weighted by Crippen LogP contribution is -2.42. The average Bonchev–Trinajstić information content (AvgIpc) is 3.59. The maximum atomic E-state index is 12.7. The summed E-state index contributed by atoms with van der Waals surface area (Å²) in [5.74, 6) is 0.461. The third kappa shape index (κ3) is 11.8. The summed E-state index contributed by atoms with van der Waals surface area (Å²) in [5.41, 5.74) is 3.81. The van der Waals surface area contributed by atoms with Crippen LogP contribution in [0.4, 0.5) is 0 Å². The molecule has 248 valence electrons. The molecule has 0 saturated carbocycles. The van der Waals surface area contributed by atoms with Crippen molar-refractivity contribution in [2.24, 2.45) is 0 Å². The van der Waals surface area contributed by atoms with E-state index in [1.165, 1.54) is 25.7 Å². The number of amides is 1. The summed E-state index contributed by atoms with van der Waals surface area (Å²) in [6.07, 6.45) is 6.11. The van der Waals surface area contributed by atoms with E-state index in [1.54, 1.807) is 36.4 Å². The van der Waals surface area contributed by atoms with Crippen molar-refractivity contribution in [2.75, 3.05) is 6.61 Å². The van der Waals surface area contributed by atoms with Gasteiger partial charge in [-0.3, -0.25) is 4.79 Å². The first kappa shape index (κ1) is 37.7. The molecule has 0 aliphatic rings. The quantitative estimate of drug-likeness (QED) is 0.126. The monoisotopic (exact) mass is 629 g/mol. The number of aromatic nitrogens is 2. The minimum atomic E-state index is -1.10. The molecule has 3 aromatic carbocycles. The van der Waals surface area contributed by atoms with Gasteiger partial charge in [0.05, 0.1) is 6.61 Å². The van der Waals surface area contributed by atoms with E-state index in [1.807, 2.05) is 64.1 Å². The van der Waals surface area contributed by atoms with Crippen molar-refractivity contribution in [1.82, 2.24) is 15.5 Å². The summed E-state index contributed by atoms with van der Waals surface area (Å²) in [7, 11) is 0. The van der Waals surface area contributed by atoms with E-state index in [0.29, 0.717) is 35.4 Å². The SMILES string of the molecule is CC.CC.CCCCCCCOc1ccc(-c2noc(-c3ccc(CC(NC(=O)c4ccc(C(C)C)cc4)C(=O)O)cc3)n2)cc1. The van der Waals surface area contributed by atoms with E-state index in [0.717, 1.165) is 28.9 Å². The Labute approximate surface area is 274 Å². The highest BCUT2D eigenvalue weighted by Crippen LogP contribution is 2.25. The first-order valence-corrected chi connectivity index (χ1v) is 16.6. The molecule has 1 atom stereocenters. The van der Waals surface area contributed by atoms with Gasteiger partial charge in [-0.2, -0.15) is 4.98 Å². The molecule has 0 spiro atoms. The maximum absolute atomic E-state index is 12.7. The second-order valence-electron chi connectivity index (χ2n) is 10.8. The lowest BCUT2D eigenvalue weighted by Gasteiger charge is -2.15. The molecular weight excluding hydrogens is 578 g/mol. The number of ether oxygens (including phenoxy) is 1. The summed E-state index contributed by atoms with van der Waals surface area (Å²) in [5, 5.41) is 16.5. The summed E-state index contributed by atoms with van der Waals surface area (Å²) in [4.78, 5) is 29.1. The maximum Gasteiger partial charge on any atom is 0.326 e. The van der Waals surface area contributed by atoms with Gasteiger partial charge in [0.15, 0.2) is 0 Å². The van der Waals surface area contributed by atoms with Crippen LogP contribution in [0.2, 0.25) is 0 Å². The highest BCUT2D eigenvalue weighted by molar-refractivity contribution is 5.96.